The summed E-state index contributed by atoms with van der Waals surface area (Å²) in [5, 5.41) is 6.28. The molecule has 0 radical (unpaired) electrons. The molecule has 170 valence electrons. The first kappa shape index (κ1) is 21.6. The van der Waals surface area contributed by atoms with Gasteiger partial charge in [0.15, 0.2) is 0 Å². The molecule has 3 heteroatoms. The first-order valence-corrected chi connectivity index (χ1v) is 12.6. The second kappa shape index (κ2) is 8.41. The number of allylic oxidation sites excluding steroid dienone is 7. The van der Waals surface area contributed by atoms with Gasteiger partial charge in [0, 0.05) is 43.1 Å². The molecule has 0 bridgehead atoms. The molecule has 0 saturated carbocycles. The molecule has 1 atom stereocenters. The summed E-state index contributed by atoms with van der Waals surface area (Å²) in [6, 6.07) is 21.9. The second-order valence-corrected chi connectivity index (χ2v) is 10.1. The van der Waals surface area contributed by atoms with Crippen LogP contribution in [0, 0.1) is 0 Å². The van der Waals surface area contributed by atoms with Crippen molar-refractivity contribution in [1.29, 1.82) is 0 Å². The SMILES string of the molecule is C=C1/C=C\C=C/N(C(C)(NC)c2cccc3c2sc2ccccc23)c2cc(C3=C=CC=C3)ccc21. The number of rotatable bonds is 4. The van der Waals surface area contributed by atoms with Gasteiger partial charge in [0.1, 0.15) is 5.66 Å². The molecule has 1 N–H and O–H groups in total. The van der Waals surface area contributed by atoms with Crippen molar-refractivity contribution >= 4 is 48.3 Å². The molecule has 4 aromatic rings. The largest absolute Gasteiger partial charge is 0.325 e. The summed E-state index contributed by atoms with van der Waals surface area (Å²) in [4.78, 5) is 2.35. The van der Waals surface area contributed by atoms with Crippen LogP contribution < -0.4 is 10.2 Å². The predicted octanol–water partition coefficient (Wildman–Crippen LogP) is 8.16. The van der Waals surface area contributed by atoms with Crippen LogP contribution in [0.4, 0.5) is 5.69 Å². The van der Waals surface area contributed by atoms with Gasteiger partial charge in [-0.25, -0.2) is 0 Å². The number of benzene rings is 3. The van der Waals surface area contributed by atoms with Gasteiger partial charge < -0.3 is 4.90 Å². The second-order valence-electron chi connectivity index (χ2n) is 9.01. The fraction of sp³-hybridized carbons (Fsp3) is 0.0938. The highest BCUT2D eigenvalue weighted by molar-refractivity contribution is 7.26. The summed E-state index contributed by atoms with van der Waals surface area (Å²) in [6.45, 7) is 6.63. The first-order valence-electron chi connectivity index (χ1n) is 11.8. The number of hydrogen-bond acceptors (Lipinski definition) is 3. The molecule has 0 fully saturated rings. The number of fused-ring (bicyclic) bond motifs is 4. The fourth-order valence-corrected chi connectivity index (χ4v) is 6.38. The summed E-state index contributed by atoms with van der Waals surface area (Å²) in [6.07, 6.45) is 14.5. The lowest BCUT2D eigenvalue weighted by molar-refractivity contribution is 0.408. The zero-order valence-corrected chi connectivity index (χ0v) is 20.7. The monoisotopic (exact) mass is 470 g/mol. The average molecular weight is 471 g/mol. The molecule has 1 aromatic heterocycles. The molecular weight excluding hydrogens is 444 g/mol. The van der Waals surface area contributed by atoms with Gasteiger partial charge in [-0.3, -0.25) is 5.32 Å². The van der Waals surface area contributed by atoms with E-state index in [1.54, 1.807) is 0 Å². The molecule has 1 unspecified atom stereocenters. The van der Waals surface area contributed by atoms with Crippen molar-refractivity contribution in [3.05, 3.63) is 132 Å². The van der Waals surface area contributed by atoms with Gasteiger partial charge in [0.05, 0.1) is 5.69 Å². The minimum atomic E-state index is -0.508. The van der Waals surface area contributed by atoms with Crippen LogP contribution in [-0.4, -0.2) is 7.05 Å². The predicted molar refractivity (Wildman–Crippen MR) is 153 cm³/mol. The maximum absolute atomic E-state index is 4.37. The lowest BCUT2D eigenvalue weighted by atomic mass is 9.92. The van der Waals surface area contributed by atoms with E-state index in [4.69, 9.17) is 0 Å². The quantitative estimate of drug-likeness (QED) is 0.303. The fourth-order valence-electron chi connectivity index (χ4n) is 5.06. The highest BCUT2D eigenvalue weighted by Gasteiger charge is 2.35. The van der Waals surface area contributed by atoms with E-state index in [0.29, 0.717) is 0 Å². The normalized spacial score (nSPS) is 18.3. The molecule has 3 aromatic carbocycles. The van der Waals surface area contributed by atoms with Crippen molar-refractivity contribution in [2.75, 3.05) is 11.9 Å². The number of thiophene rings is 1. The molecule has 0 spiro atoms. The van der Waals surface area contributed by atoms with Crippen molar-refractivity contribution in [2.24, 2.45) is 0 Å². The maximum atomic E-state index is 4.37. The van der Waals surface area contributed by atoms with Gasteiger partial charge in [0.25, 0.3) is 0 Å². The summed E-state index contributed by atoms with van der Waals surface area (Å²) >= 11 is 1.86. The van der Waals surface area contributed by atoms with Gasteiger partial charge in [-0.1, -0.05) is 73.3 Å². The number of nitrogens with one attached hydrogen (secondary N) is 1. The van der Waals surface area contributed by atoms with Crippen molar-refractivity contribution in [3.63, 3.8) is 0 Å². The molecule has 6 rings (SSSR count). The number of nitrogens with zero attached hydrogens (tertiary/aromatic N) is 1. The lowest BCUT2D eigenvalue weighted by Gasteiger charge is -2.43. The topological polar surface area (TPSA) is 15.3 Å². The summed E-state index contributed by atoms with van der Waals surface area (Å²) < 4.78 is 2.61. The minimum Gasteiger partial charge on any atom is -0.325 e. The van der Waals surface area contributed by atoms with Gasteiger partial charge >= 0.3 is 0 Å². The molecule has 2 nitrogen and oxygen atoms in total. The Hall–Kier alpha value is -3.88. The van der Waals surface area contributed by atoms with Crippen LogP contribution in [0.15, 0.2) is 116 Å². The third-order valence-corrected chi connectivity index (χ3v) is 8.27. The van der Waals surface area contributed by atoms with E-state index >= 15 is 0 Å². The maximum Gasteiger partial charge on any atom is 0.119 e. The molecule has 0 saturated heterocycles. The summed E-state index contributed by atoms with van der Waals surface area (Å²) in [5.74, 6) is 0. The van der Waals surface area contributed by atoms with Gasteiger partial charge in [-0.2, -0.15) is 0 Å². The molecule has 0 amide bonds. The molecular formula is C32H26N2S. The Balaban J connectivity index is 1.61. The van der Waals surface area contributed by atoms with Crippen LogP contribution in [0.2, 0.25) is 0 Å². The van der Waals surface area contributed by atoms with Gasteiger partial charge in [-0.05, 0) is 55.5 Å². The standard InChI is InChI=1S/C32H26N2S/c1-22-11-8-9-20-34(29-21-24(18-19-25(22)29)23-12-4-5-13-23)32(2,33-3)28-16-10-15-27-26-14-6-7-17-30(26)35-31(27)28/h4-12,14-21,33H,1H2,2-3H3/b11-8-,20-9-. The zero-order chi connectivity index (χ0) is 24.0. The lowest BCUT2D eigenvalue weighted by Crippen LogP contribution is -2.51. The average Bonchev–Trinajstić information content (AvgIpc) is 3.55. The Morgan fingerprint density at radius 1 is 0.943 bits per heavy atom. The van der Waals surface area contributed by atoms with Crippen molar-refractivity contribution in [2.45, 2.75) is 12.6 Å². The van der Waals surface area contributed by atoms with Gasteiger partial charge in [0.2, 0.25) is 0 Å². The summed E-state index contributed by atoms with van der Waals surface area (Å²) in [5.41, 5.74) is 9.54. The number of anilines is 1. The smallest absolute Gasteiger partial charge is 0.119 e. The Kier molecular flexibility index (Phi) is 5.20. The molecule has 2 aliphatic rings. The van der Waals surface area contributed by atoms with Gasteiger partial charge in [-0.15, -0.1) is 17.1 Å². The van der Waals surface area contributed by atoms with Crippen molar-refractivity contribution < 1.29 is 0 Å². The summed E-state index contributed by atoms with van der Waals surface area (Å²) in [7, 11) is 2.04. The molecule has 2 heterocycles. The van der Waals surface area contributed by atoms with E-state index in [1.165, 1.54) is 25.7 Å². The highest BCUT2D eigenvalue weighted by Crippen LogP contribution is 2.44. The van der Waals surface area contributed by atoms with Crippen LogP contribution in [0.25, 0.3) is 31.3 Å². The van der Waals surface area contributed by atoms with E-state index < -0.39 is 5.66 Å². The minimum absolute atomic E-state index is 0.508. The molecule has 1 aliphatic heterocycles. The van der Waals surface area contributed by atoms with E-state index in [0.717, 1.165) is 28.0 Å². The van der Waals surface area contributed by atoms with Crippen molar-refractivity contribution in [1.82, 2.24) is 5.32 Å². The highest BCUT2D eigenvalue weighted by atomic mass is 32.1. The Morgan fingerprint density at radius 2 is 1.80 bits per heavy atom. The van der Waals surface area contributed by atoms with E-state index in [2.05, 4.69) is 121 Å². The Bertz CT molecular complexity index is 1660. The number of hydrogen-bond donors (Lipinski definition) is 1. The van der Waals surface area contributed by atoms with Crippen LogP contribution in [-0.2, 0) is 5.66 Å². The van der Waals surface area contributed by atoms with Crippen LogP contribution in [0.3, 0.4) is 0 Å². The third kappa shape index (κ3) is 3.45. The Labute approximate surface area is 210 Å². The van der Waals surface area contributed by atoms with E-state index in [-0.39, 0.29) is 0 Å². The zero-order valence-electron chi connectivity index (χ0n) is 19.9. The van der Waals surface area contributed by atoms with E-state index in [1.807, 2.05) is 30.5 Å². The van der Waals surface area contributed by atoms with Crippen LogP contribution in [0.1, 0.15) is 23.6 Å². The Morgan fingerprint density at radius 3 is 2.63 bits per heavy atom. The van der Waals surface area contributed by atoms with E-state index in [9.17, 15) is 0 Å². The third-order valence-electron chi connectivity index (χ3n) is 7.05. The first-order chi connectivity index (χ1) is 17.1. The van der Waals surface area contributed by atoms with Crippen molar-refractivity contribution in [3.8, 4) is 0 Å². The van der Waals surface area contributed by atoms with Crippen LogP contribution >= 0.6 is 11.3 Å². The van der Waals surface area contributed by atoms with Crippen LogP contribution in [0.5, 0.6) is 0 Å². The molecule has 1 aliphatic carbocycles. The molecule has 35 heavy (non-hydrogen) atoms.